The smallest absolute Gasteiger partial charge is 0.325 e. The number of benzene rings is 2. The summed E-state index contributed by atoms with van der Waals surface area (Å²) in [7, 11) is 1.33. The number of thioether (sulfide) groups is 1. The number of hydrogen-bond acceptors (Lipinski definition) is 6. The van der Waals surface area contributed by atoms with Crippen molar-refractivity contribution in [2.24, 2.45) is 4.99 Å². The standard InChI is InChI=1S/C20H20N2O4S2/c1-4-26-14-8-9-16-17(11-14)28-20(22(16)12-18(23)25-2)21-19(24)13-6-5-7-15(10-13)27-3/h5-11H,4,12H2,1-3H3. The zero-order valence-electron chi connectivity index (χ0n) is 15.8. The molecule has 1 heterocycles. The molecule has 2 aromatic carbocycles. The van der Waals surface area contributed by atoms with Crippen LogP contribution in [0, 0.1) is 0 Å². The van der Waals surface area contributed by atoms with Crippen LogP contribution in [0.1, 0.15) is 17.3 Å². The summed E-state index contributed by atoms with van der Waals surface area (Å²) in [5.41, 5.74) is 1.30. The number of methoxy groups -OCH3 is 1. The maximum Gasteiger partial charge on any atom is 0.325 e. The first-order valence-electron chi connectivity index (χ1n) is 8.61. The van der Waals surface area contributed by atoms with Gasteiger partial charge in [0.15, 0.2) is 4.80 Å². The number of esters is 1. The molecule has 146 valence electrons. The summed E-state index contributed by atoms with van der Waals surface area (Å²) in [5.74, 6) is -0.0371. The molecule has 0 bridgehead atoms. The van der Waals surface area contributed by atoms with E-state index in [2.05, 4.69) is 4.99 Å². The molecule has 3 rings (SSSR count). The van der Waals surface area contributed by atoms with Crippen LogP contribution in [0.5, 0.6) is 5.75 Å². The summed E-state index contributed by atoms with van der Waals surface area (Å²) in [4.78, 5) is 30.3. The van der Waals surface area contributed by atoms with Crippen LogP contribution in [0.3, 0.4) is 0 Å². The third-order valence-corrected chi connectivity index (χ3v) is 5.76. The van der Waals surface area contributed by atoms with E-state index in [1.54, 1.807) is 22.4 Å². The van der Waals surface area contributed by atoms with E-state index in [9.17, 15) is 9.59 Å². The number of amides is 1. The van der Waals surface area contributed by atoms with Gasteiger partial charge in [-0.15, -0.1) is 11.8 Å². The average molecular weight is 417 g/mol. The molecular formula is C20H20N2O4S2. The molecule has 3 aromatic rings. The Morgan fingerprint density at radius 3 is 2.75 bits per heavy atom. The van der Waals surface area contributed by atoms with E-state index in [0.717, 1.165) is 20.9 Å². The number of hydrogen-bond donors (Lipinski definition) is 0. The van der Waals surface area contributed by atoms with E-state index in [0.29, 0.717) is 17.0 Å². The lowest BCUT2D eigenvalue weighted by atomic mass is 10.2. The van der Waals surface area contributed by atoms with Crippen molar-refractivity contribution in [1.82, 2.24) is 4.57 Å². The summed E-state index contributed by atoms with van der Waals surface area (Å²) in [6, 6.07) is 12.9. The third kappa shape index (κ3) is 4.45. The first-order chi connectivity index (χ1) is 13.5. The molecule has 1 amide bonds. The molecule has 0 radical (unpaired) electrons. The number of carbonyl (C=O) groups is 2. The monoisotopic (exact) mass is 416 g/mol. The summed E-state index contributed by atoms with van der Waals surface area (Å²) in [5, 5.41) is 0. The highest BCUT2D eigenvalue weighted by Crippen LogP contribution is 2.24. The first kappa shape index (κ1) is 20.2. The first-order valence-corrected chi connectivity index (χ1v) is 10.7. The zero-order chi connectivity index (χ0) is 20.1. The van der Waals surface area contributed by atoms with Gasteiger partial charge < -0.3 is 14.0 Å². The number of thiazole rings is 1. The fourth-order valence-electron chi connectivity index (χ4n) is 2.65. The van der Waals surface area contributed by atoms with Gasteiger partial charge in [0.25, 0.3) is 5.91 Å². The molecule has 1 aromatic heterocycles. The van der Waals surface area contributed by atoms with Gasteiger partial charge in [0.1, 0.15) is 12.3 Å². The second-order valence-electron chi connectivity index (χ2n) is 5.76. The van der Waals surface area contributed by atoms with Crippen LogP contribution in [-0.2, 0) is 16.1 Å². The van der Waals surface area contributed by atoms with E-state index in [1.807, 2.05) is 49.6 Å². The highest BCUT2D eigenvalue weighted by atomic mass is 32.2. The predicted molar refractivity (Wildman–Crippen MR) is 111 cm³/mol. The summed E-state index contributed by atoms with van der Waals surface area (Å²) in [6.07, 6.45) is 1.95. The van der Waals surface area contributed by atoms with Crippen molar-refractivity contribution in [3.05, 3.63) is 52.8 Å². The lowest BCUT2D eigenvalue weighted by Gasteiger charge is -2.05. The molecule has 0 N–H and O–H groups in total. The lowest BCUT2D eigenvalue weighted by Crippen LogP contribution is -2.22. The van der Waals surface area contributed by atoms with Crippen molar-refractivity contribution in [3.8, 4) is 5.75 Å². The molecule has 0 aliphatic heterocycles. The molecule has 0 unspecified atom stereocenters. The largest absolute Gasteiger partial charge is 0.494 e. The van der Waals surface area contributed by atoms with Gasteiger partial charge in [0, 0.05) is 10.5 Å². The molecule has 28 heavy (non-hydrogen) atoms. The van der Waals surface area contributed by atoms with Crippen LogP contribution < -0.4 is 9.54 Å². The molecule has 0 saturated carbocycles. The number of nitrogens with zero attached hydrogens (tertiary/aromatic N) is 2. The van der Waals surface area contributed by atoms with Crippen LogP contribution in [-0.4, -0.2) is 36.4 Å². The minimum Gasteiger partial charge on any atom is -0.494 e. The van der Waals surface area contributed by atoms with Crippen molar-refractivity contribution >= 4 is 45.2 Å². The maximum atomic E-state index is 12.7. The number of fused-ring (bicyclic) bond motifs is 1. The van der Waals surface area contributed by atoms with Crippen molar-refractivity contribution in [2.75, 3.05) is 20.0 Å². The van der Waals surface area contributed by atoms with E-state index in [-0.39, 0.29) is 12.5 Å². The van der Waals surface area contributed by atoms with Crippen molar-refractivity contribution < 1.29 is 19.1 Å². The second kappa shape index (κ2) is 9.07. The Kier molecular flexibility index (Phi) is 6.53. The minimum atomic E-state index is -0.410. The topological polar surface area (TPSA) is 69.9 Å². The Labute approximate surface area is 170 Å². The number of ether oxygens (including phenoxy) is 2. The Balaban J connectivity index is 2.11. The molecule has 0 aliphatic rings. The third-order valence-electron chi connectivity index (χ3n) is 3.99. The van der Waals surface area contributed by atoms with Crippen molar-refractivity contribution in [1.29, 1.82) is 0 Å². The molecule has 0 atom stereocenters. The molecule has 6 nitrogen and oxygen atoms in total. The maximum absolute atomic E-state index is 12.7. The van der Waals surface area contributed by atoms with Crippen LogP contribution in [0.4, 0.5) is 0 Å². The van der Waals surface area contributed by atoms with Gasteiger partial charge in [-0.25, -0.2) is 0 Å². The predicted octanol–water partition coefficient (Wildman–Crippen LogP) is 3.74. The SMILES string of the molecule is CCOc1ccc2c(c1)sc(=NC(=O)c1cccc(SC)c1)n2CC(=O)OC. The number of aromatic nitrogens is 1. The van der Waals surface area contributed by atoms with Gasteiger partial charge in [0.05, 0.1) is 23.9 Å². The summed E-state index contributed by atoms with van der Waals surface area (Å²) in [6.45, 7) is 2.44. The fourth-order valence-corrected chi connectivity index (χ4v) is 4.16. The van der Waals surface area contributed by atoms with Crippen LogP contribution in [0.15, 0.2) is 52.4 Å². The average Bonchev–Trinajstić information content (AvgIpc) is 3.04. The fraction of sp³-hybridized carbons (Fsp3) is 0.250. The number of rotatable bonds is 6. The summed E-state index contributed by atoms with van der Waals surface area (Å²) < 4.78 is 12.9. The van der Waals surface area contributed by atoms with E-state index in [4.69, 9.17) is 9.47 Å². The van der Waals surface area contributed by atoms with Crippen LogP contribution in [0.2, 0.25) is 0 Å². The Morgan fingerprint density at radius 2 is 2.04 bits per heavy atom. The highest BCUT2D eigenvalue weighted by molar-refractivity contribution is 7.98. The van der Waals surface area contributed by atoms with E-state index < -0.39 is 5.97 Å². The zero-order valence-corrected chi connectivity index (χ0v) is 17.4. The number of carbonyl (C=O) groups excluding carboxylic acids is 2. The van der Waals surface area contributed by atoms with Gasteiger partial charge in [-0.3, -0.25) is 9.59 Å². The van der Waals surface area contributed by atoms with Gasteiger partial charge in [-0.05, 0) is 49.6 Å². The van der Waals surface area contributed by atoms with E-state index >= 15 is 0 Å². The van der Waals surface area contributed by atoms with E-state index in [1.165, 1.54) is 18.4 Å². The highest BCUT2D eigenvalue weighted by Gasteiger charge is 2.13. The van der Waals surface area contributed by atoms with Crippen molar-refractivity contribution in [3.63, 3.8) is 0 Å². The second-order valence-corrected chi connectivity index (χ2v) is 7.65. The molecule has 0 spiro atoms. The molecule has 0 aliphatic carbocycles. The van der Waals surface area contributed by atoms with Gasteiger partial charge in [-0.1, -0.05) is 17.4 Å². The Bertz CT molecular complexity index is 1090. The van der Waals surface area contributed by atoms with Crippen LogP contribution in [0.25, 0.3) is 10.2 Å². The normalized spacial score (nSPS) is 11.6. The lowest BCUT2D eigenvalue weighted by molar-refractivity contribution is -0.141. The molecule has 0 fully saturated rings. The molecular weight excluding hydrogens is 396 g/mol. The van der Waals surface area contributed by atoms with Gasteiger partial charge in [0.2, 0.25) is 0 Å². The summed E-state index contributed by atoms with van der Waals surface area (Å²) >= 11 is 2.89. The van der Waals surface area contributed by atoms with Gasteiger partial charge in [-0.2, -0.15) is 4.99 Å². The van der Waals surface area contributed by atoms with Gasteiger partial charge >= 0.3 is 5.97 Å². The minimum absolute atomic E-state index is 0.0263. The van der Waals surface area contributed by atoms with Crippen molar-refractivity contribution in [2.45, 2.75) is 18.4 Å². The van der Waals surface area contributed by atoms with Crippen LogP contribution >= 0.6 is 23.1 Å². The molecule has 0 saturated heterocycles. The molecule has 8 heteroatoms. The Hall–Kier alpha value is -2.58. The quantitative estimate of drug-likeness (QED) is 0.452. The Morgan fingerprint density at radius 1 is 1.21 bits per heavy atom.